The van der Waals surface area contributed by atoms with Crippen LogP contribution < -0.4 is 31.9 Å². The number of likely N-dealkylation sites (tertiary alicyclic amines) is 1. The lowest BCUT2D eigenvalue weighted by molar-refractivity contribution is -0.138. The topological polar surface area (TPSA) is 372 Å². The molecule has 1 fully saturated rings. The number of anilines is 1. The van der Waals surface area contributed by atoms with Crippen LogP contribution in [0.15, 0.2) is 64.0 Å². The van der Waals surface area contributed by atoms with Gasteiger partial charge in [-0.15, -0.1) is 68.0 Å². The number of fused-ring (bicyclic) bond motifs is 14. The van der Waals surface area contributed by atoms with E-state index in [-0.39, 0.29) is 84.6 Å². The van der Waals surface area contributed by atoms with Crippen molar-refractivity contribution >= 4 is 121 Å². The van der Waals surface area contributed by atoms with Crippen LogP contribution >= 0.6 is 68.0 Å². The van der Waals surface area contributed by atoms with Crippen molar-refractivity contribution in [1.29, 1.82) is 0 Å². The Hall–Kier alpha value is -8.37. The number of carbonyl (C=O) groups excluding carboxylic acids is 6. The Balaban J connectivity index is 1.01. The van der Waals surface area contributed by atoms with E-state index in [1.165, 1.54) is 48.2 Å². The molecule has 1 aromatic carbocycles. The maximum Gasteiger partial charge on any atom is 0.323 e. The van der Waals surface area contributed by atoms with Crippen molar-refractivity contribution < 1.29 is 58.4 Å². The first-order chi connectivity index (χ1) is 43.7. The lowest BCUT2D eigenvalue weighted by Crippen LogP contribution is -2.46. The third-order valence-electron chi connectivity index (χ3n) is 14.9. The molecule has 91 heavy (non-hydrogen) atoms. The Morgan fingerprint density at radius 3 is 2.05 bits per heavy atom. The van der Waals surface area contributed by atoms with Crippen LogP contribution in [0.4, 0.5) is 10.6 Å². The molecule has 1 saturated heterocycles. The molecule has 6 atom stereocenters. The van der Waals surface area contributed by atoms with Crippen molar-refractivity contribution in [2.75, 3.05) is 39.1 Å². The molecule has 7 aromatic heterocycles. The summed E-state index contributed by atoms with van der Waals surface area (Å²) < 4.78 is 5.45. The molecule has 2 aliphatic heterocycles. The number of aromatic nitrogens is 7. The summed E-state index contributed by atoms with van der Waals surface area (Å²) in [6, 6.07) is 8.86. The number of thiazole rings is 6. The number of nitrogens with zero attached hydrogens (tertiary/aromatic N) is 8. The highest BCUT2D eigenvalue weighted by atomic mass is 32.1. The van der Waals surface area contributed by atoms with Crippen molar-refractivity contribution in [1.82, 2.24) is 66.4 Å². The number of methoxy groups -OCH3 is 1. The highest BCUT2D eigenvalue weighted by Gasteiger charge is 2.35. The number of aliphatic hydroxyl groups excluding tert-OH is 1. The number of ether oxygens (including phenoxy) is 1. The predicted octanol–water partition coefficient (Wildman–Crippen LogP) is 8.51. The van der Waals surface area contributed by atoms with Gasteiger partial charge in [-0.05, 0) is 61.6 Å². The first kappa shape index (κ1) is 65.6. The molecule has 7 amide bonds. The Morgan fingerprint density at radius 2 is 1.35 bits per heavy atom. The van der Waals surface area contributed by atoms with Crippen LogP contribution in [0.25, 0.3) is 43.4 Å². The highest BCUT2D eigenvalue weighted by Crippen LogP contribution is 2.41. The lowest BCUT2D eigenvalue weighted by Gasteiger charge is -2.37. The number of carboxylic acid groups (broad SMARTS) is 2. The fourth-order valence-corrected chi connectivity index (χ4v) is 15.9. The summed E-state index contributed by atoms with van der Waals surface area (Å²) >= 11 is 7.05. The molecule has 0 saturated carbocycles. The number of pyridine rings is 1. The van der Waals surface area contributed by atoms with Crippen LogP contribution in [0.5, 0.6) is 0 Å². The van der Waals surface area contributed by atoms with Crippen molar-refractivity contribution in [2.45, 2.75) is 90.1 Å². The molecule has 10 rings (SSSR count). The molecule has 0 radical (unpaired) electrons. The van der Waals surface area contributed by atoms with Gasteiger partial charge in [-0.25, -0.2) is 39.7 Å². The number of hydrogen-bond acceptors (Lipinski definition) is 23. The minimum absolute atomic E-state index is 0.0000163. The van der Waals surface area contributed by atoms with Crippen LogP contribution in [0.2, 0.25) is 0 Å². The van der Waals surface area contributed by atoms with E-state index in [9.17, 15) is 53.7 Å². The Labute approximate surface area is 544 Å². The van der Waals surface area contributed by atoms with Gasteiger partial charge in [-0.3, -0.25) is 38.9 Å². The zero-order valence-corrected chi connectivity index (χ0v) is 54.4. The van der Waals surface area contributed by atoms with Gasteiger partial charge in [0.1, 0.15) is 82.2 Å². The number of aryl methyl sites for hydroxylation is 1. The van der Waals surface area contributed by atoms with Crippen molar-refractivity contribution in [2.24, 2.45) is 17.8 Å². The van der Waals surface area contributed by atoms with Gasteiger partial charge in [0.05, 0.1) is 42.2 Å². The number of piperidine rings is 1. The average molecular weight is 1350 g/mol. The number of carbonyl (C=O) groups is 8. The number of aliphatic hydroxyl groups is 1. The van der Waals surface area contributed by atoms with Gasteiger partial charge >= 0.3 is 18.0 Å². The molecule has 0 aliphatic carbocycles. The Kier molecular flexibility index (Phi) is 21.1. The molecule has 0 unspecified atom stereocenters. The summed E-state index contributed by atoms with van der Waals surface area (Å²) in [4.78, 5) is 143. The second-order valence-electron chi connectivity index (χ2n) is 21.8. The van der Waals surface area contributed by atoms with Crippen LogP contribution in [-0.4, -0.2) is 136 Å². The summed E-state index contributed by atoms with van der Waals surface area (Å²) in [5.41, 5.74) is 2.46. The standard InChI is InChI=1S/C59H62N14O12S6/c1-27(2)44-58-72-47(38(91-58)22-85-5)51(82)61-19-41(75)69-48(49(80)31-9-7-6-8-10-31)57-66-37(25-88-57)55-64-35(23-87-55)46-32(53-65-36(24-86-53)50(81)63-34(18-40(74)60-4)56-71-45(28(3)90-56)52(83)70-44)13-14-33(62-46)54-67-39(26-89-54)68-59(84)73-20-29(11-15-42(76)77)17-30(21-73)12-16-43(78)79/h6-10,13-14,23-27,29-30,34,44,48-49,80H,11-12,15-22H2,1-5H3,(H,60,74)(H,61,82)(H,63,81)(H,68,84)(H,69,75)(H,70,83)(H,76,77)(H,78,79)/t29-,30+,34-,44-,48-,49-/m0/s1. The lowest BCUT2D eigenvalue weighted by atomic mass is 9.84. The number of rotatable bonds is 15. The summed E-state index contributed by atoms with van der Waals surface area (Å²) in [7, 11) is 2.92. The Bertz CT molecular complexity index is 3980. The molecular formula is C59H62N14O12S6. The van der Waals surface area contributed by atoms with Gasteiger partial charge in [-0.2, -0.15) is 0 Å². The van der Waals surface area contributed by atoms with Crippen LogP contribution in [0, 0.1) is 24.7 Å². The van der Waals surface area contributed by atoms with E-state index in [2.05, 4.69) is 31.9 Å². The number of hydrogen-bond donors (Lipinski definition) is 9. The molecule has 476 valence electrons. The van der Waals surface area contributed by atoms with E-state index in [4.69, 9.17) is 39.6 Å². The summed E-state index contributed by atoms with van der Waals surface area (Å²) in [5.74, 6) is -5.22. The van der Waals surface area contributed by atoms with Crippen LogP contribution in [0.1, 0.15) is 138 Å². The summed E-state index contributed by atoms with van der Waals surface area (Å²) in [6.07, 6.45) is -0.449. The third-order valence-corrected chi connectivity index (χ3v) is 20.7. The second-order valence-corrected chi connectivity index (χ2v) is 27.7. The molecular weight excluding hydrogens is 1290 g/mol. The van der Waals surface area contributed by atoms with Gasteiger partial charge in [-0.1, -0.05) is 44.2 Å². The van der Waals surface area contributed by atoms with Crippen LogP contribution in [-0.2, 0) is 30.5 Å². The van der Waals surface area contributed by atoms with Gasteiger partial charge < -0.3 is 51.5 Å². The zero-order chi connectivity index (χ0) is 64.6. The van der Waals surface area contributed by atoms with Crippen molar-refractivity contribution in [3.63, 3.8) is 0 Å². The van der Waals surface area contributed by atoms with E-state index in [1.54, 1.807) is 75.8 Å². The maximum absolute atomic E-state index is 14.4. The van der Waals surface area contributed by atoms with E-state index >= 15 is 0 Å². The third kappa shape index (κ3) is 15.9. The minimum Gasteiger partial charge on any atom is -0.481 e. The first-order valence-electron chi connectivity index (χ1n) is 28.6. The number of nitrogens with one attached hydrogen (secondary N) is 6. The molecule has 2 aliphatic rings. The summed E-state index contributed by atoms with van der Waals surface area (Å²) in [6.45, 7) is 5.47. The minimum atomic E-state index is -1.30. The van der Waals surface area contributed by atoms with E-state index in [0.717, 1.165) is 34.0 Å². The van der Waals surface area contributed by atoms with Gasteiger partial charge in [0.15, 0.2) is 0 Å². The smallest absolute Gasteiger partial charge is 0.323 e. The first-order valence-corrected chi connectivity index (χ1v) is 33.8. The van der Waals surface area contributed by atoms with Crippen LogP contribution in [0.3, 0.4) is 0 Å². The van der Waals surface area contributed by atoms with E-state index < -0.39 is 78.3 Å². The fourth-order valence-electron chi connectivity index (χ4n) is 10.4. The van der Waals surface area contributed by atoms with Gasteiger partial charge in [0, 0.05) is 72.0 Å². The quantitative estimate of drug-likeness (QED) is 0.0464. The molecule has 10 bridgehead atoms. The van der Waals surface area contributed by atoms with Crippen molar-refractivity contribution in [3.05, 3.63) is 111 Å². The largest absolute Gasteiger partial charge is 0.481 e. The monoisotopic (exact) mass is 1350 g/mol. The predicted molar refractivity (Wildman–Crippen MR) is 343 cm³/mol. The number of urea groups is 1. The fraction of sp³-hybridized carbons (Fsp3) is 0.373. The number of amides is 7. The number of benzene rings is 1. The second kappa shape index (κ2) is 29.3. The van der Waals surface area contributed by atoms with E-state index in [0.29, 0.717) is 88.0 Å². The average Bonchev–Trinajstić information content (AvgIpc) is 2.23. The molecule has 0 spiro atoms. The Morgan fingerprint density at radius 1 is 0.681 bits per heavy atom. The molecule has 32 heteroatoms. The van der Waals surface area contributed by atoms with Crippen molar-refractivity contribution in [3.8, 4) is 43.4 Å². The molecule has 9 N–H and O–H groups in total. The molecule has 9 heterocycles. The highest BCUT2D eigenvalue weighted by molar-refractivity contribution is 7.15. The van der Waals surface area contributed by atoms with Gasteiger partial charge in [0.25, 0.3) is 17.7 Å². The normalized spacial score (nSPS) is 18.5. The zero-order valence-electron chi connectivity index (χ0n) is 49.5. The molecule has 8 aromatic rings. The SMILES string of the molecule is CNC(=O)C[C@@H]1NC(=O)c2csc(n2)-c2ccc(-c3nc(NC(=O)N4C[C@H](CCC(=O)O)C[C@H](CCC(=O)O)C4)cs3)nc2-c2csc(n2)-c2csc(n2)[C@H]([C@@H](O)c2ccccc2)NC(=O)CNC(=O)c2nc(sc2COC)[C@H](C(C)C)NC(=O)c2nc1sc2C. The van der Waals surface area contributed by atoms with Gasteiger partial charge in [0.2, 0.25) is 11.8 Å². The van der Waals surface area contributed by atoms with E-state index in [1.807, 2.05) is 13.8 Å². The molecule has 26 nitrogen and oxygen atoms in total. The number of aliphatic carboxylic acids is 2. The summed E-state index contributed by atoms with van der Waals surface area (Å²) in [5, 5.41) is 56.6. The number of carboxylic acids is 2. The maximum atomic E-state index is 14.4.